The molecule has 2 rings (SSSR count). The number of carboxylic acid groups (broad SMARTS) is 2. The molecule has 156 valence electrons. The van der Waals surface area contributed by atoms with Gasteiger partial charge in [0.2, 0.25) is 0 Å². The highest BCUT2D eigenvalue weighted by Gasteiger charge is 2.16. The average Bonchev–Trinajstić information content (AvgIpc) is 2.66. The maximum atomic E-state index is 11.6. The topological polar surface area (TPSA) is 81.1 Å². The Hall–Kier alpha value is -3.02. The lowest BCUT2D eigenvalue weighted by Gasteiger charge is -2.20. The van der Waals surface area contributed by atoms with Crippen LogP contribution in [0.1, 0.15) is 51.1 Å². The molecule has 2 N–H and O–H groups in total. The number of aromatic carboxylic acids is 2. The Morgan fingerprint density at radius 3 is 1.38 bits per heavy atom. The minimum atomic E-state index is -0.908. The smallest absolute Gasteiger partial charge is 0.336 e. The maximum Gasteiger partial charge on any atom is 0.336 e. The molecule has 0 aliphatic heterocycles. The Bertz CT molecular complexity index is 804. The third kappa shape index (κ3) is 5.50. The van der Waals surface area contributed by atoms with Gasteiger partial charge in [0, 0.05) is 39.6 Å². The van der Waals surface area contributed by atoms with E-state index in [9.17, 15) is 19.8 Å². The predicted molar refractivity (Wildman–Crippen MR) is 117 cm³/mol. The van der Waals surface area contributed by atoms with Crippen molar-refractivity contribution in [3.05, 3.63) is 58.7 Å². The van der Waals surface area contributed by atoms with Gasteiger partial charge in [-0.2, -0.15) is 0 Å². The quantitative estimate of drug-likeness (QED) is 0.585. The number of hydrogen-bond donors (Lipinski definition) is 2. The maximum absolute atomic E-state index is 11.6. The van der Waals surface area contributed by atoms with Crippen LogP contribution in [-0.4, -0.2) is 50.3 Å². The largest absolute Gasteiger partial charge is 0.478 e. The molecule has 29 heavy (non-hydrogen) atoms. The molecule has 2 aromatic rings. The highest BCUT2D eigenvalue weighted by molar-refractivity contribution is 5.92. The molecule has 0 saturated heterocycles. The Labute approximate surface area is 172 Å². The zero-order valence-corrected chi connectivity index (χ0v) is 17.6. The first-order valence-corrected chi connectivity index (χ1v) is 9.79. The number of unbranched alkanes of at least 4 members (excludes halogenated alkanes) is 2. The van der Waals surface area contributed by atoms with Crippen molar-refractivity contribution in [2.24, 2.45) is 0 Å². The number of benzene rings is 2. The van der Waals surface area contributed by atoms with Crippen LogP contribution in [0.4, 0.5) is 11.4 Å². The molecule has 0 amide bonds. The van der Waals surface area contributed by atoms with Gasteiger partial charge >= 0.3 is 11.9 Å². The van der Waals surface area contributed by atoms with Gasteiger partial charge in [-0.25, -0.2) is 9.59 Å². The van der Waals surface area contributed by atoms with E-state index >= 15 is 0 Å². The van der Waals surface area contributed by atoms with Crippen LogP contribution in [0, 0.1) is 0 Å². The van der Waals surface area contributed by atoms with Crippen molar-refractivity contribution in [1.82, 2.24) is 0 Å². The average molecular weight is 399 g/mol. The van der Waals surface area contributed by atoms with Crippen LogP contribution in [0.15, 0.2) is 36.4 Å². The van der Waals surface area contributed by atoms with Crippen LogP contribution in [-0.2, 0) is 12.8 Å². The molecule has 2 aromatic carbocycles. The van der Waals surface area contributed by atoms with Crippen molar-refractivity contribution in [3.8, 4) is 0 Å². The summed E-state index contributed by atoms with van der Waals surface area (Å²) in [7, 11) is 7.65. The molecule has 0 radical (unpaired) electrons. The number of rotatable bonds is 10. The second-order valence-electron chi connectivity index (χ2n) is 7.57. The van der Waals surface area contributed by atoms with E-state index in [-0.39, 0.29) is 0 Å². The van der Waals surface area contributed by atoms with E-state index in [2.05, 4.69) is 0 Å². The molecule has 0 fully saturated rings. The SMILES string of the molecule is CN(C)c1cccc(C(=O)O)c1CCCCCc1c(C(=O)O)cccc1N(C)C. The van der Waals surface area contributed by atoms with Crippen molar-refractivity contribution >= 4 is 23.3 Å². The highest BCUT2D eigenvalue weighted by atomic mass is 16.4. The second-order valence-corrected chi connectivity index (χ2v) is 7.57. The summed E-state index contributed by atoms with van der Waals surface area (Å²) in [6.45, 7) is 0. The molecule has 0 spiro atoms. The lowest BCUT2D eigenvalue weighted by Crippen LogP contribution is -2.15. The van der Waals surface area contributed by atoms with Gasteiger partial charge in [0.05, 0.1) is 11.1 Å². The fourth-order valence-corrected chi connectivity index (χ4v) is 3.69. The molecular weight excluding hydrogens is 368 g/mol. The summed E-state index contributed by atoms with van der Waals surface area (Å²) in [6, 6.07) is 10.7. The molecule has 0 unspecified atom stereocenters. The Balaban J connectivity index is 2.07. The van der Waals surface area contributed by atoms with Crippen molar-refractivity contribution in [1.29, 1.82) is 0 Å². The lowest BCUT2D eigenvalue weighted by atomic mass is 9.96. The first-order chi connectivity index (χ1) is 13.7. The van der Waals surface area contributed by atoms with Crippen molar-refractivity contribution in [2.45, 2.75) is 32.1 Å². The summed E-state index contributed by atoms with van der Waals surface area (Å²) in [4.78, 5) is 27.1. The first kappa shape index (κ1) is 22.3. The molecule has 0 atom stereocenters. The number of carbonyl (C=O) groups is 2. The van der Waals surface area contributed by atoms with E-state index in [0.717, 1.165) is 41.8 Å². The predicted octanol–water partition coefficient (Wildman–Crippen LogP) is 4.17. The van der Waals surface area contributed by atoms with Gasteiger partial charge in [0.25, 0.3) is 0 Å². The summed E-state index contributed by atoms with van der Waals surface area (Å²) in [5.41, 5.74) is 4.26. The third-order valence-corrected chi connectivity index (χ3v) is 5.08. The second kappa shape index (κ2) is 9.96. The fraction of sp³-hybridized carbons (Fsp3) is 0.391. The summed E-state index contributed by atoms with van der Waals surface area (Å²) < 4.78 is 0. The van der Waals surface area contributed by atoms with E-state index in [1.807, 2.05) is 50.1 Å². The molecular formula is C23H30N2O4. The Kier molecular flexibility index (Phi) is 7.65. The van der Waals surface area contributed by atoms with E-state index in [1.165, 1.54) is 0 Å². The fourth-order valence-electron chi connectivity index (χ4n) is 3.69. The standard InChI is InChI=1S/C23H30N2O4/c1-24(2)20-14-8-12-18(22(26)27)16(20)10-6-5-7-11-17-19(23(28)29)13-9-15-21(17)25(3)4/h8-9,12-15H,5-7,10-11H2,1-4H3,(H,26,27)(H,28,29). The van der Waals surface area contributed by atoms with Gasteiger partial charge in [0.15, 0.2) is 0 Å². The zero-order chi connectivity index (χ0) is 21.6. The number of hydrogen-bond acceptors (Lipinski definition) is 4. The van der Waals surface area contributed by atoms with Gasteiger partial charge < -0.3 is 20.0 Å². The molecule has 0 aromatic heterocycles. The molecule has 6 nitrogen and oxygen atoms in total. The van der Waals surface area contributed by atoms with Crippen molar-refractivity contribution < 1.29 is 19.8 Å². The molecule has 0 saturated carbocycles. The van der Waals surface area contributed by atoms with Crippen LogP contribution in [0.25, 0.3) is 0 Å². The molecule has 0 heterocycles. The summed E-state index contributed by atoms with van der Waals surface area (Å²) in [5.74, 6) is -1.82. The van der Waals surface area contributed by atoms with Gasteiger partial charge in [0.1, 0.15) is 0 Å². The van der Waals surface area contributed by atoms with Crippen LogP contribution in [0.5, 0.6) is 0 Å². The van der Waals surface area contributed by atoms with Crippen molar-refractivity contribution in [3.63, 3.8) is 0 Å². The minimum absolute atomic E-state index is 0.349. The number of nitrogens with zero attached hydrogens (tertiary/aromatic N) is 2. The molecule has 6 heteroatoms. The van der Waals surface area contributed by atoms with Crippen molar-refractivity contribution in [2.75, 3.05) is 38.0 Å². The third-order valence-electron chi connectivity index (χ3n) is 5.08. The van der Waals surface area contributed by atoms with E-state index in [0.29, 0.717) is 24.0 Å². The molecule has 0 aliphatic carbocycles. The molecule has 0 aliphatic rings. The van der Waals surface area contributed by atoms with Gasteiger partial charge in [-0.05, 0) is 61.1 Å². The Morgan fingerprint density at radius 1 is 0.690 bits per heavy atom. The Morgan fingerprint density at radius 2 is 1.07 bits per heavy atom. The van der Waals surface area contributed by atoms with Gasteiger partial charge in [-0.15, -0.1) is 0 Å². The monoisotopic (exact) mass is 398 g/mol. The van der Waals surface area contributed by atoms with Gasteiger partial charge in [-0.1, -0.05) is 18.6 Å². The van der Waals surface area contributed by atoms with E-state index < -0.39 is 11.9 Å². The van der Waals surface area contributed by atoms with Crippen LogP contribution < -0.4 is 9.80 Å². The first-order valence-electron chi connectivity index (χ1n) is 9.79. The van der Waals surface area contributed by atoms with Crippen LogP contribution in [0.2, 0.25) is 0 Å². The zero-order valence-electron chi connectivity index (χ0n) is 17.6. The summed E-state index contributed by atoms with van der Waals surface area (Å²) in [6.07, 6.45) is 3.94. The lowest BCUT2D eigenvalue weighted by molar-refractivity contribution is 0.0685. The number of carboxylic acids is 2. The van der Waals surface area contributed by atoms with Crippen LogP contribution >= 0.6 is 0 Å². The van der Waals surface area contributed by atoms with Crippen LogP contribution in [0.3, 0.4) is 0 Å². The minimum Gasteiger partial charge on any atom is -0.478 e. The highest BCUT2D eigenvalue weighted by Crippen LogP contribution is 2.27. The molecule has 0 bridgehead atoms. The number of anilines is 2. The van der Waals surface area contributed by atoms with E-state index in [1.54, 1.807) is 24.3 Å². The van der Waals surface area contributed by atoms with Gasteiger partial charge in [-0.3, -0.25) is 0 Å². The summed E-state index contributed by atoms with van der Waals surface area (Å²) in [5, 5.41) is 19.0. The normalized spacial score (nSPS) is 10.6. The van der Waals surface area contributed by atoms with E-state index in [4.69, 9.17) is 0 Å². The summed E-state index contributed by atoms with van der Waals surface area (Å²) >= 11 is 0.